The van der Waals surface area contributed by atoms with E-state index in [4.69, 9.17) is 9.47 Å². The van der Waals surface area contributed by atoms with Crippen LogP contribution in [0.25, 0.3) is 0 Å². The summed E-state index contributed by atoms with van der Waals surface area (Å²) in [7, 11) is 3.17. The third-order valence-electron chi connectivity index (χ3n) is 3.57. The van der Waals surface area contributed by atoms with Crippen LogP contribution < -0.4 is 20.1 Å². The van der Waals surface area contributed by atoms with Gasteiger partial charge in [-0.15, -0.1) is 0 Å². The minimum atomic E-state index is -0.343. The smallest absolute Gasteiger partial charge is 0.238 e. The van der Waals surface area contributed by atoms with Gasteiger partial charge in [0.2, 0.25) is 5.91 Å². The number of ether oxygens (including phenoxy) is 2. The molecule has 0 aliphatic rings. The minimum absolute atomic E-state index is 0.107. The molecule has 2 rings (SSSR count). The molecule has 24 heavy (non-hydrogen) atoms. The highest BCUT2D eigenvalue weighted by Crippen LogP contribution is 2.22. The summed E-state index contributed by atoms with van der Waals surface area (Å²) in [4.78, 5) is 12.0. The summed E-state index contributed by atoms with van der Waals surface area (Å²) in [6, 6.07) is 10.1. The number of benzene rings is 2. The molecular weight excluding hydrogens is 311 g/mol. The van der Waals surface area contributed by atoms with Crippen molar-refractivity contribution < 1.29 is 18.7 Å². The van der Waals surface area contributed by atoms with Gasteiger partial charge in [0.05, 0.1) is 20.8 Å². The lowest BCUT2D eigenvalue weighted by Gasteiger charge is -2.11. The molecule has 0 aliphatic carbocycles. The zero-order valence-corrected chi connectivity index (χ0v) is 14.0. The highest BCUT2D eigenvalue weighted by atomic mass is 19.1. The Balaban J connectivity index is 1.90. The molecule has 2 N–H and O–H groups in total. The fraction of sp³-hybridized carbons (Fsp3) is 0.278. The Morgan fingerprint density at radius 1 is 1.12 bits per heavy atom. The van der Waals surface area contributed by atoms with Gasteiger partial charge in [0.25, 0.3) is 0 Å². The molecule has 0 atom stereocenters. The number of nitrogens with one attached hydrogen (secondary N) is 2. The number of anilines is 1. The Morgan fingerprint density at radius 3 is 2.42 bits per heavy atom. The zero-order valence-electron chi connectivity index (χ0n) is 14.0. The Bertz CT molecular complexity index is 697. The first-order chi connectivity index (χ1) is 11.5. The van der Waals surface area contributed by atoms with Crippen LogP contribution in [0.15, 0.2) is 36.4 Å². The average Bonchev–Trinajstić information content (AvgIpc) is 2.58. The van der Waals surface area contributed by atoms with Crippen molar-refractivity contribution in [3.8, 4) is 11.5 Å². The maximum atomic E-state index is 13.5. The standard InChI is InChI=1S/C18H21FN2O3/c1-12-16(19)5-4-6-17(12)21-18(22)11-20-10-13-7-14(23-2)9-15(8-13)24-3/h4-9,20H,10-11H2,1-3H3,(H,21,22). The van der Waals surface area contributed by atoms with Gasteiger partial charge in [0.1, 0.15) is 17.3 Å². The molecule has 0 radical (unpaired) electrons. The molecule has 0 heterocycles. The van der Waals surface area contributed by atoms with Crippen molar-refractivity contribution in [3.05, 3.63) is 53.3 Å². The molecule has 0 fully saturated rings. The van der Waals surface area contributed by atoms with Gasteiger partial charge in [-0.05, 0) is 36.8 Å². The van der Waals surface area contributed by atoms with E-state index in [0.29, 0.717) is 29.3 Å². The monoisotopic (exact) mass is 332 g/mol. The molecule has 1 amide bonds. The van der Waals surface area contributed by atoms with E-state index < -0.39 is 0 Å². The molecule has 0 saturated heterocycles. The number of carbonyl (C=O) groups is 1. The molecule has 2 aromatic rings. The van der Waals surface area contributed by atoms with Crippen molar-refractivity contribution in [2.45, 2.75) is 13.5 Å². The summed E-state index contributed by atoms with van der Waals surface area (Å²) < 4.78 is 23.9. The van der Waals surface area contributed by atoms with Crippen LogP contribution in [0.5, 0.6) is 11.5 Å². The van der Waals surface area contributed by atoms with Crippen LogP contribution in [0.3, 0.4) is 0 Å². The second-order valence-electron chi connectivity index (χ2n) is 5.29. The summed E-state index contributed by atoms with van der Waals surface area (Å²) in [6.07, 6.45) is 0. The van der Waals surface area contributed by atoms with Crippen molar-refractivity contribution in [2.24, 2.45) is 0 Å². The van der Waals surface area contributed by atoms with E-state index in [1.807, 2.05) is 12.1 Å². The fourth-order valence-electron chi connectivity index (χ4n) is 2.23. The number of methoxy groups -OCH3 is 2. The van der Waals surface area contributed by atoms with E-state index in [1.165, 1.54) is 6.07 Å². The first-order valence-corrected chi connectivity index (χ1v) is 7.51. The summed E-state index contributed by atoms with van der Waals surface area (Å²) in [5, 5.41) is 5.73. The summed E-state index contributed by atoms with van der Waals surface area (Å²) >= 11 is 0. The van der Waals surface area contributed by atoms with E-state index in [-0.39, 0.29) is 18.3 Å². The van der Waals surface area contributed by atoms with E-state index >= 15 is 0 Å². The lowest BCUT2D eigenvalue weighted by atomic mass is 10.2. The van der Waals surface area contributed by atoms with Crippen molar-refractivity contribution in [2.75, 3.05) is 26.1 Å². The maximum Gasteiger partial charge on any atom is 0.238 e. The second-order valence-corrected chi connectivity index (χ2v) is 5.29. The van der Waals surface area contributed by atoms with Crippen molar-refractivity contribution in [1.82, 2.24) is 5.32 Å². The van der Waals surface area contributed by atoms with E-state index in [0.717, 1.165) is 5.56 Å². The molecule has 6 heteroatoms. The summed E-state index contributed by atoms with van der Waals surface area (Å²) in [5.74, 6) is 0.791. The second kappa shape index (κ2) is 8.31. The van der Waals surface area contributed by atoms with Gasteiger partial charge >= 0.3 is 0 Å². The number of hydrogen-bond donors (Lipinski definition) is 2. The third kappa shape index (κ3) is 4.70. The van der Waals surface area contributed by atoms with Crippen LogP contribution in [0.1, 0.15) is 11.1 Å². The quantitative estimate of drug-likeness (QED) is 0.818. The normalized spacial score (nSPS) is 10.3. The Labute approximate surface area is 140 Å². The highest BCUT2D eigenvalue weighted by molar-refractivity contribution is 5.92. The SMILES string of the molecule is COc1cc(CNCC(=O)Nc2cccc(F)c2C)cc(OC)c1. The molecule has 0 spiro atoms. The van der Waals surface area contributed by atoms with Gasteiger partial charge in [-0.3, -0.25) is 4.79 Å². The molecule has 0 bridgehead atoms. The van der Waals surface area contributed by atoms with Crippen LogP contribution in [-0.2, 0) is 11.3 Å². The molecule has 0 unspecified atom stereocenters. The maximum absolute atomic E-state index is 13.5. The predicted molar refractivity (Wildman–Crippen MR) is 91.0 cm³/mol. The first kappa shape index (κ1) is 17.7. The zero-order chi connectivity index (χ0) is 17.5. The van der Waals surface area contributed by atoms with Gasteiger partial charge in [-0.1, -0.05) is 6.07 Å². The van der Waals surface area contributed by atoms with Crippen LogP contribution in [0.4, 0.5) is 10.1 Å². The molecule has 2 aromatic carbocycles. The Kier molecular flexibility index (Phi) is 6.14. The molecule has 0 saturated carbocycles. The topological polar surface area (TPSA) is 59.6 Å². The minimum Gasteiger partial charge on any atom is -0.497 e. The van der Waals surface area contributed by atoms with E-state index in [9.17, 15) is 9.18 Å². The predicted octanol–water partition coefficient (Wildman–Crippen LogP) is 2.88. The number of hydrogen-bond acceptors (Lipinski definition) is 4. The average molecular weight is 332 g/mol. The van der Waals surface area contributed by atoms with Crippen molar-refractivity contribution >= 4 is 11.6 Å². The first-order valence-electron chi connectivity index (χ1n) is 7.51. The summed E-state index contributed by atoms with van der Waals surface area (Å²) in [6.45, 7) is 2.21. The van der Waals surface area contributed by atoms with Crippen LogP contribution in [-0.4, -0.2) is 26.7 Å². The molecule has 128 valence electrons. The van der Waals surface area contributed by atoms with Crippen LogP contribution in [0.2, 0.25) is 0 Å². The number of halogens is 1. The van der Waals surface area contributed by atoms with E-state index in [1.54, 1.807) is 39.3 Å². The molecule has 0 aromatic heterocycles. The van der Waals surface area contributed by atoms with Crippen LogP contribution in [0, 0.1) is 12.7 Å². The summed E-state index contributed by atoms with van der Waals surface area (Å²) in [5.41, 5.74) is 1.83. The van der Waals surface area contributed by atoms with Crippen molar-refractivity contribution in [3.63, 3.8) is 0 Å². The Morgan fingerprint density at radius 2 is 1.79 bits per heavy atom. The molecular formula is C18H21FN2O3. The van der Waals surface area contributed by atoms with Gasteiger partial charge in [0.15, 0.2) is 0 Å². The molecule has 5 nitrogen and oxygen atoms in total. The Hall–Kier alpha value is -2.60. The lowest BCUT2D eigenvalue weighted by molar-refractivity contribution is -0.115. The lowest BCUT2D eigenvalue weighted by Crippen LogP contribution is -2.28. The van der Waals surface area contributed by atoms with Gasteiger partial charge < -0.3 is 20.1 Å². The number of carbonyl (C=O) groups excluding carboxylic acids is 1. The third-order valence-corrected chi connectivity index (χ3v) is 3.57. The highest BCUT2D eigenvalue weighted by Gasteiger charge is 2.08. The van der Waals surface area contributed by atoms with Crippen molar-refractivity contribution in [1.29, 1.82) is 0 Å². The number of rotatable bonds is 7. The van der Waals surface area contributed by atoms with Gasteiger partial charge in [-0.25, -0.2) is 4.39 Å². The van der Waals surface area contributed by atoms with Crippen LogP contribution >= 0.6 is 0 Å². The van der Waals surface area contributed by atoms with Gasteiger partial charge in [0, 0.05) is 23.9 Å². The largest absolute Gasteiger partial charge is 0.497 e. The fourth-order valence-corrected chi connectivity index (χ4v) is 2.23. The number of amides is 1. The van der Waals surface area contributed by atoms with E-state index in [2.05, 4.69) is 10.6 Å². The molecule has 0 aliphatic heterocycles. The van der Waals surface area contributed by atoms with Gasteiger partial charge in [-0.2, -0.15) is 0 Å².